The van der Waals surface area contributed by atoms with Crippen molar-refractivity contribution < 1.29 is 22.0 Å². The van der Waals surface area contributed by atoms with Crippen LogP contribution in [0.15, 0.2) is 35.5 Å². The van der Waals surface area contributed by atoms with Gasteiger partial charge in [0.15, 0.2) is 5.49 Å². The average molecular weight is 479 g/mol. The number of hydrogen-bond acceptors (Lipinski definition) is 4. The van der Waals surface area contributed by atoms with Gasteiger partial charge in [-0.05, 0) is 44.0 Å². The number of benzene rings is 1. The van der Waals surface area contributed by atoms with Crippen molar-refractivity contribution in [2.24, 2.45) is 12.0 Å². The first-order valence-corrected chi connectivity index (χ1v) is 11.0. The number of piperidine rings is 1. The van der Waals surface area contributed by atoms with Gasteiger partial charge in [0.2, 0.25) is 0 Å². The quantitative estimate of drug-likeness (QED) is 0.466. The van der Waals surface area contributed by atoms with Gasteiger partial charge in [0, 0.05) is 38.4 Å². The molecule has 1 fully saturated rings. The van der Waals surface area contributed by atoms with E-state index < -0.39 is 23.7 Å². The molecular formula is C24H26F5N5. The number of pyridine rings is 1. The fourth-order valence-corrected chi connectivity index (χ4v) is 4.35. The van der Waals surface area contributed by atoms with Gasteiger partial charge in [0.1, 0.15) is 11.6 Å². The molecule has 10 heteroatoms. The van der Waals surface area contributed by atoms with E-state index in [4.69, 9.17) is 4.99 Å². The molecule has 4 rings (SSSR count). The lowest BCUT2D eigenvalue weighted by molar-refractivity contribution is -0.138. The largest absolute Gasteiger partial charge is 0.416 e. The van der Waals surface area contributed by atoms with Gasteiger partial charge in [-0.25, -0.2) is 18.7 Å². The van der Waals surface area contributed by atoms with Crippen molar-refractivity contribution in [3.8, 4) is 0 Å². The molecule has 0 bridgehead atoms. The minimum atomic E-state index is -4.45. The highest BCUT2D eigenvalue weighted by Crippen LogP contribution is 2.35. The number of rotatable bonds is 3. The molecule has 1 aliphatic rings. The molecule has 182 valence electrons. The number of anilines is 1. The molecule has 1 aliphatic heterocycles. The van der Waals surface area contributed by atoms with Crippen LogP contribution in [-0.2, 0) is 13.2 Å². The maximum atomic E-state index is 13.6. The van der Waals surface area contributed by atoms with Crippen LogP contribution in [-0.4, -0.2) is 33.5 Å². The zero-order chi connectivity index (χ0) is 24.8. The fraction of sp³-hybridized carbons (Fsp3) is 0.458. The van der Waals surface area contributed by atoms with E-state index >= 15 is 0 Å². The SMILES string of the molecule is Cc1c(C(C)/N=c2\nc(C)n(C)c3cnc(N4CCC(F)(F)CC4)cc23)cccc1C(F)(F)F. The number of aromatic nitrogens is 3. The van der Waals surface area contributed by atoms with Crippen LogP contribution < -0.4 is 10.4 Å². The molecule has 1 aromatic carbocycles. The molecule has 1 saturated heterocycles. The maximum Gasteiger partial charge on any atom is 0.416 e. The molecule has 0 spiro atoms. The molecule has 2 aromatic heterocycles. The van der Waals surface area contributed by atoms with Crippen molar-refractivity contribution in [2.45, 2.75) is 51.8 Å². The third-order valence-electron chi connectivity index (χ3n) is 6.49. The summed E-state index contributed by atoms with van der Waals surface area (Å²) in [4.78, 5) is 15.6. The first kappa shape index (κ1) is 24.1. The van der Waals surface area contributed by atoms with Crippen LogP contribution >= 0.6 is 0 Å². The summed E-state index contributed by atoms with van der Waals surface area (Å²) in [6, 6.07) is 5.27. The van der Waals surface area contributed by atoms with Gasteiger partial charge in [-0.3, -0.25) is 4.99 Å². The van der Waals surface area contributed by atoms with Crippen molar-refractivity contribution in [3.63, 3.8) is 0 Å². The van der Waals surface area contributed by atoms with Gasteiger partial charge in [-0.1, -0.05) is 12.1 Å². The van der Waals surface area contributed by atoms with E-state index in [9.17, 15) is 22.0 Å². The molecule has 3 heterocycles. The second-order valence-corrected chi connectivity index (χ2v) is 8.77. The van der Waals surface area contributed by atoms with Crippen LogP contribution in [0, 0.1) is 13.8 Å². The van der Waals surface area contributed by atoms with Gasteiger partial charge < -0.3 is 9.47 Å². The number of alkyl halides is 5. The van der Waals surface area contributed by atoms with Gasteiger partial charge in [-0.15, -0.1) is 0 Å². The molecule has 1 atom stereocenters. The highest BCUT2D eigenvalue weighted by atomic mass is 19.4. The van der Waals surface area contributed by atoms with E-state index in [-0.39, 0.29) is 31.5 Å². The molecule has 0 aliphatic carbocycles. The van der Waals surface area contributed by atoms with Gasteiger partial charge in [0.25, 0.3) is 5.92 Å². The Labute approximate surface area is 194 Å². The minimum absolute atomic E-state index is 0.130. The van der Waals surface area contributed by atoms with Crippen molar-refractivity contribution in [1.29, 1.82) is 0 Å². The summed E-state index contributed by atoms with van der Waals surface area (Å²) < 4.78 is 69.2. The highest BCUT2D eigenvalue weighted by Gasteiger charge is 2.35. The molecule has 0 saturated carbocycles. The summed E-state index contributed by atoms with van der Waals surface area (Å²) in [5.74, 6) is -1.46. The second kappa shape index (κ2) is 8.63. The third-order valence-corrected chi connectivity index (χ3v) is 6.49. The summed E-state index contributed by atoms with van der Waals surface area (Å²) in [5, 5.41) is 0.659. The first-order chi connectivity index (χ1) is 15.9. The fourth-order valence-electron chi connectivity index (χ4n) is 4.35. The Kier molecular flexibility index (Phi) is 6.12. The first-order valence-electron chi connectivity index (χ1n) is 11.0. The Hall–Kier alpha value is -3.04. The van der Waals surface area contributed by atoms with Crippen molar-refractivity contribution in [1.82, 2.24) is 14.5 Å². The topological polar surface area (TPSA) is 46.3 Å². The molecule has 0 amide bonds. The standard InChI is InChI=1S/C24H26F5N5/c1-14-17(6-5-7-19(14)24(27,28)29)15(2)31-22-18-12-21(34-10-8-23(25,26)9-11-34)30-13-20(18)33(4)16(3)32-22/h5-7,12-13,15H,8-11H2,1-4H3/b31-22-. The van der Waals surface area contributed by atoms with Crippen LogP contribution in [0.2, 0.25) is 0 Å². The summed E-state index contributed by atoms with van der Waals surface area (Å²) in [6.45, 7) is 5.35. The summed E-state index contributed by atoms with van der Waals surface area (Å²) in [7, 11) is 1.83. The van der Waals surface area contributed by atoms with Crippen LogP contribution in [0.5, 0.6) is 0 Å². The Morgan fingerprint density at radius 2 is 1.79 bits per heavy atom. The molecule has 5 nitrogen and oxygen atoms in total. The summed E-state index contributed by atoms with van der Waals surface area (Å²) in [5.41, 5.74) is 1.02. The van der Waals surface area contributed by atoms with E-state index in [1.54, 1.807) is 37.1 Å². The molecular weight excluding hydrogens is 453 g/mol. The van der Waals surface area contributed by atoms with Gasteiger partial charge >= 0.3 is 6.18 Å². The number of aryl methyl sites for hydroxylation is 2. The monoisotopic (exact) mass is 479 g/mol. The number of fused-ring (bicyclic) bond motifs is 1. The Morgan fingerprint density at radius 3 is 2.44 bits per heavy atom. The van der Waals surface area contributed by atoms with Crippen LogP contribution in [0.3, 0.4) is 0 Å². The van der Waals surface area contributed by atoms with Gasteiger partial charge in [-0.2, -0.15) is 13.2 Å². The summed E-state index contributed by atoms with van der Waals surface area (Å²) in [6.07, 6.45) is -3.27. The maximum absolute atomic E-state index is 13.6. The zero-order valence-corrected chi connectivity index (χ0v) is 19.4. The van der Waals surface area contributed by atoms with E-state index in [1.807, 2.05) is 11.6 Å². The van der Waals surface area contributed by atoms with Crippen LogP contribution in [0.1, 0.15) is 48.3 Å². The zero-order valence-electron chi connectivity index (χ0n) is 19.4. The molecule has 1 unspecified atom stereocenters. The molecule has 34 heavy (non-hydrogen) atoms. The predicted octanol–water partition coefficient (Wildman–Crippen LogP) is 5.50. The Balaban J connectivity index is 1.81. The van der Waals surface area contributed by atoms with Crippen LogP contribution in [0.4, 0.5) is 27.8 Å². The molecule has 3 aromatic rings. The lowest BCUT2D eigenvalue weighted by Crippen LogP contribution is -2.39. The summed E-state index contributed by atoms with van der Waals surface area (Å²) >= 11 is 0. The Bertz CT molecular complexity index is 1290. The molecule has 0 radical (unpaired) electrons. The van der Waals surface area contributed by atoms with E-state index in [2.05, 4.69) is 9.97 Å². The average Bonchev–Trinajstić information content (AvgIpc) is 2.76. The highest BCUT2D eigenvalue weighted by molar-refractivity contribution is 5.80. The number of hydrogen-bond donors (Lipinski definition) is 0. The van der Waals surface area contributed by atoms with Crippen molar-refractivity contribution in [2.75, 3.05) is 18.0 Å². The van der Waals surface area contributed by atoms with Gasteiger partial charge in [0.05, 0.1) is 23.3 Å². The minimum Gasteiger partial charge on any atom is -0.356 e. The third kappa shape index (κ3) is 4.63. The second-order valence-electron chi connectivity index (χ2n) is 8.77. The smallest absolute Gasteiger partial charge is 0.356 e. The Morgan fingerprint density at radius 1 is 1.12 bits per heavy atom. The lowest BCUT2D eigenvalue weighted by atomic mass is 9.97. The van der Waals surface area contributed by atoms with Crippen LogP contribution in [0.25, 0.3) is 10.9 Å². The van der Waals surface area contributed by atoms with Crippen molar-refractivity contribution in [3.05, 3.63) is 58.5 Å². The van der Waals surface area contributed by atoms with E-state index in [1.165, 1.54) is 13.0 Å². The lowest BCUT2D eigenvalue weighted by Gasteiger charge is -2.32. The number of nitrogens with zero attached hydrogens (tertiary/aromatic N) is 5. The predicted molar refractivity (Wildman–Crippen MR) is 120 cm³/mol. The number of halogens is 5. The van der Waals surface area contributed by atoms with E-state index in [0.717, 1.165) is 11.6 Å². The van der Waals surface area contributed by atoms with Crippen molar-refractivity contribution >= 4 is 16.7 Å². The molecule has 0 N–H and O–H groups in total. The normalized spacial score (nSPS) is 17.9. The van der Waals surface area contributed by atoms with E-state index in [0.29, 0.717) is 28.1 Å².